The molecule has 0 fully saturated rings. The van der Waals surface area contributed by atoms with Crippen molar-refractivity contribution in [3.8, 4) is 0 Å². The van der Waals surface area contributed by atoms with Crippen molar-refractivity contribution in [1.82, 2.24) is 20.3 Å². The summed E-state index contributed by atoms with van der Waals surface area (Å²) in [5.74, 6) is 0. The Morgan fingerprint density at radius 2 is 2.35 bits per heavy atom. The van der Waals surface area contributed by atoms with Crippen LogP contribution in [0.1, 0.15) is 29.4 Å². The lowest BCUT2D eigenvalue weighted by Gasteiger charge is -2.15. The molecule has 2 aromatic heterocycles. The predicted octanol–water partition coefficient (Wildman–Crippen LogP) is 2.13. The van der Waals surface area contributed by atoms with E-state index in [9.17, 15) is 0 Å². The molecule has 1 N–H and O–H groups in total. The van der Waals surface area contributed by atoms with Gasteiger partial charge in [0.1, 0.15) is 6.33 Å². The molecule has 0 radical (unpaired) electrons. The zero-order valence-corrected chi connectivity index (χ0v) is 10.9. The average molecular weight is 248 g/mol. The first-order valence-corrected chi connectivity index (χ1v) is 6.58. The first-order valence-electron chi connectivity index (χ1n) is 5.70. The lowest BCUT2D eigenvalue weighted by atomic mass is 10.1. The SMILES string of the molecule is CCNC(Cc1csc(C)n1)c1ccncn1. The van der Waals surface area contributed by atoms with Gasteiger partial charge in [0.15, 0.2) is 0 Å². The molecule has 90 valence electrons. The van der Waals surface area contributed by atoms with Crippen molar-refractivity contribution in [3.63, 3.8) is 0 Å². The molecule has 17 heavy (non-hydrogen) atoms. The molecular weight excluding hydrogens is 232 g/mol. The molecule has 2 heterocycles. The summed E-state index contributed by atoms with van der Waals surface area (Å²) in [7, 11) is 0. The summed E-state index contributed by atoms with van der Waals surface area (Å²) in [5.41, 5.74) is 2.14. The van der Waals surface area contributed by atoms with E-state index in [2.05, 4.69) is 32.6 Å². The Bertz CT molecular complexity index is 455. The first kappa shape index (κ1) is 12.1. The van der Waals surface area contributed by atoms with Gasteiger partial charge in [-0.1, -0.05) is 6.92 Å². The summed E-state index contributed by atoms with van der Waals surface area (Å²) in [4.78, 5) is 12.7. The fraction of sp³-hybridized carbons (Fsp3) is 0.417. The highest BCUT2D eigenvalue weighted by Crippen LogP contribution is 2.17. The molecule has 0 amide bonds. The Hall–Kier alpha value is -1.33. The van der Waals surface area contributed by atoms with Crippen LogP contribution in [0.3, 0.4) is 0 Å². The number of aryl methyl sites for hydroxylation is 1. The maximum absolute atomic E-state index is 4.49. The second-order valence-electron chi connectivity index (χ2n) is 3.81. The lowest BCUT2D eigenvalue weighted by Crippen LogP contribution is -2.24. The topological polar surface area (TPSA) is 50.7 Å². The van der Waals surface area contributed by atoms with Crippen LogP contribution < -0.4 is 5.32 Å². The van der Waals surface area contributed by atoms with Crippen molar-refractivity contribution < 1.29 is 0 Å². The highest BCUT2D eigenvalue weighted by Gasteiger charge is 2.13. The number of nitrogens with one attached hydrogen (secondary N) is 1. The zero-order chi connectivity index (χ0) is 12.1. The van der Waals surface area contributed by atoms with Crippen LogP contribution in [-0.4, -0.2) is 21.5 Å². The van der Waals surface area contributed by atoms with Crippen LogP contribution in [0.25, 0.3) is 0 Å². The standard InChI is InChI=1S/C12H16N4S/c1-3-14-12(11-4-5-13-8-15-11)6-10-7-17-9(2)16-10/h4-5,7-8,12,14H,3,6H2,1-2H3. The molecule has 1 unspecified atom stereocenters. The summed E-state index contributed by atoms with van der Waals surface area (Å²) in [6.45, 7) is 5.04. The van der Waals surface area contributed by atoms with E-state index in [1.165, 1.54) is 0 Å². The predicted molar refractivity (Wildman–Crippen MR) is 69.0 cm³/mol. The van der Waals surface area contributed by atoms with E-state index in [4.69, 9.17) is 0 Å². The highest BCUT2D eigenvalue weighted by molar-refractivity contribution is 7.09. The van der Waals surface area contributed by atoms with Crippen LogP contribution in [0.5, 0.6) is 0 Å². The minimum absolute atomic E-state index is 0.212. The van der Waals surface area contributed by atoms with Gasteiger partial charge in [0, 0.05) is 18.0 Å². The Morgan fingerprint density at radius 3 is 2.94 bits per heavy atom. The van der Waals surface area contributed by atoms with E-state index in [-0.39, 0.29) is 6.04 Å². The van der Waals surface area contributed by atoms with E-state index in [0.29, 0.717) is 0 Å². The van der Waals surface area contributed by atoms with E-state index in [1.54, 1.807) is 23.9 Å². The summed E-state index contributed by atoms with van der Waals surface area (Å²) < 4.78 is 0. The van der Waals surface area contributed by atoms with Crippen LogP contribution >= 0.6 is 11.3 Å². The van der Waals surface area contributed by atoms with Crippen molar-refractivity contribution in [3.05, 3.63) is 40.4 Å². The Morgan fingerprint density at radius 1 is 1.47 bits per heavy atom. The zero-order valence-electron chi connectivity index (χ0n) is 10.1. The number of aromatic nitrogens is 3. The normalized spacial score (nSPS) is 12.6. The molecule has 1 atom stereocenters. The summed E-state index contributed by atoms with van der Waals surface area (Å²) in [6, 6.07) is 2.16. The molecule has 2 rings (SSSR count). The molecule has 0 aliphatic heterocycles. The van der Waals surface area contributed by atoms with E-state index < -0.39 is 0 Å². The molecule has 5 heteroatoms. The van der Waals surface area contributed by atoms with E-state index in [1.807, 2.05) is 13.0 Å². The van der Waals surface area contributed by atoms with Gasteiger partial charge in [0.2, 0.25) is 0 Å². The van der Waals surface area contributed by atoms with Gasteiger partial charge in [-0.2, -0.15) is 0 Å². The largest absolute Gasteiger partial charge is 0.309 e. The van der Waals surface area contributed by atoms with Crippen LogP contribution in [0.2, 0.25) is 0 Å². The second kappa shape index (κ2) is 5.84. The Balaban J connectivity index is 2.13. The third-order valence-corrected chi connectivity index (χ3v) is 3.31. The summed E-state index contributed by atoms with van der Waals surface area (Å²) >= 11 is 1.69. The van der Waals surface area contributed by atoms with Crippen LogP contribution in [0.15, 0.2) is 24.0 Å². The van der Waals surface area contributed by atoms with Gasteiger partial charge < -0.3 is 5.32 Å². The monoisotopic (exact) mass is 248 g/mol. The van der Waals surface area contributed by atoms with Crippen molar-refractivity contribution >= 4 is 11.3 Å². The fourth-order valence-electron chi connectivity index (χ4n) is 1.75. The molecule has 4 nitrogen and oxygen atoms in total. The number of hydrogen-bond donors (Lipinski definition) is 1. The molecule has 0 spiro atoms. The van der Waals surface area contributed by atoms with E-state index in [0.717, 1.165) is 29.4 Å². The van der Waals surface area contributed by atoms with Gasteiger partial charge in [0.25, 0.3) is 0 Å². The fourth-order valence-corrected chi connectivity index (χ4v) is 2.37. The number of thiazole rings is 1. The molecule has 0 aliphatic rings. The highest BCUT2D eigenvalue weighted by atomic mass is 32.1. The van der Waals surface area contributed by atoms with Gasteiger partial charge in [-0.05, 0) is 19.5 Å². The number of hydrogen-bond acceptors (Lipinski definition) is 5. The van der Waals surface area contributed by atoms with Gasteiger partial charge in [-0.3, -0.25) is 0 Å². The molecule has 0 bridgehead atoms. The minimum atomic E-state index is 0.212. The third-order valence-electron chi connectivity index (χ3n) is 2.49. The van der Waals surface area contributed by atoms with Crippen molar-refractivity contribution in [1.29, 1.82) is 0 Å². The molecule has 0 saturated carbocycles. The molecule has 0 saturated heterocycles. The number of nitrogens with zero attached hydrogens (tertiary/aromatic N) is 3. The number of rotatable bonds is 5. The third kappa shape index (κ3) is 3.31. The summed E-state index contributed by atoms with van der Waals surface area (Å²) in [5, 5.41) is 6.65. The minimum Gasteiger partial charge on any atom is -0.309 e. The average Bonchev–Trinajstić information content (AvgIpc) is 2.75. The van der Waals surface area contributed by atoms with Crippen molar-refractivity contribution in [2.24, 2.45) is 0 Å². The van der Waals surface area contributed by atoms with Gasteiger partial charge in [-0.25, -0.2) is 15.0 Å². The quantitative estimate of drug-likeness (QED) is 0.880. The van der Waals surface area contributed by atoms with Crippen molar-refractivity contribution in [2.45, 2.75) is 26.3 Å². The van der Waals surface area contributed by atoms with Gasteiger partial charge >= 0.3 is 0 Å². The second-order valence-corrected chi connectivity index (χ2v) is 4.87. The number of likely N-dealkylation sites (N-methyl/N-ethyl adjacent to an activating group) is 1. The maximum Gasteiger partial charge on any atom is 0.115 e. The first-order chi connectivity index (χ1) is 8.29. The molecule has 2 aromatic rings. The molecule has 0 aliphatic carbocycles. The van der Waals surface area contributed by atoms with Crippen LogP contribution in [0.4, 0.5) is 0 Å². The van der Waals surface area contributed by atoms with Crippen LogP contribution in [-0.2, 0) is 6.42 Å². The van der Waals surface area contributed by atoms with Crippen molar-refractivity contribution in [2.75, 3.05) is 6.54 Å². The Kier molecular flexibility index (Phi) is 4.17. The Labute approximate surface area is 105 Å². The lowest BCUT2D eigenvalue weighted by molar-refractivity contribution is 0.531. The van der Waals surface area contributed by atoms with Gasteiger partial charge in [0.05, 0.1) is 22.4 Å². The molecular formula is C12H16N4S. The smallest absolute Gasteiger partial charge is 0.115 e. The van der Waals surface area contributed by atoms with E-state index >= 15 is 0 Å². The maximum atomic E-state index is 4.49. The summed E-state index contributed by atoms with van der Waals surface area (Å²) in [6.07, 6.45) is 4.24. The van der Waals surface area contributed by atoms with Crippen LogP contribution in [0, 0.1) is 6.92 Å². The van der Waals surface area contributed by atoms with Gasteiger partial charge in [-0.15, -0.1) is 11.3 Å². The molecule has 0 aromatic carbocycles.